The Bertz CT molecular complexity index is 1140. The first-order valence-corrected chi connectivity index (χ1v) is 12.2. The predicted octanol–water partition coefficient (Wildman–Crippen LogP) is 4.39. The van der Waals surface area contributed by atoms with Crippen LogP contribution in [-0.2, 0) is 29.5 Å². The standard InChI is InChI=1S/C24H28N4O3S.3ClH/c1-27-19-22-16-23(5-6-24(22)32(27,29)30)31-15-3-13-28(18-21-7-11-25-12-8-21)14-9-20-4-2-10-26-17-20;;;/h2,4-8,10-12,16-17H,3,9,13-15,18-19H2,1H3;3*1H. The van der Waals surface area contributed by atoms with Crippen LogP contribution in [0.2, 0.25) is 0 Å². The quantitative estimate of drug-likeness (QED) is 0.342. The molecule has 0 bridgehead atoms. The second kappa shape index (κ2) is 14.6. The summed E-state index contributed by atoms with van der Waals surface area (Å²) in [5.41, 5.74) is 3.25. The number of hydrogen-bond donors (Lipinski definition) is 0. The van der Waals surface area contributed by atoms with Crippen LogP contribution in [-0.4, -0.2) is 54.3 Å². The highest BCUT2D eigenvalue weighted by atomic mass is 35.5. The van der Waals surface area contributed by atoms with E-state index in [-0.39, 0.29) is 37.2 Å². The molecule has 0 aliphatic carbocycles. The SMILES string of the molecule is CN1Cc2cc(OCCCN(CCc3cccnc3)Cc3ccncc3)ccc2S1(=O)=O.Cl.Cl.Cl. The molecule has 1 aromatic carbocycles. The van der Waals surface area contributed by atoms with Gasteiger partial charge in [0.2, 0.25) is 10.0 Å². The second-order valence-corrected chi connectivity index (χ2v) is 9.99. The Hall–Kier alpha value is -1.94. The van der Waals surface area contributed by atoms with Crippen molar-refractivity contribution in [1.82, 2.24) is 19.2 Å². The van der Waals surface area contributed by atoms with Crippen molar-refractivity contribution in [2.75, 3.05) is 26.7 Å². The van der Waals surface area contributed by atoms with Gasteiger partial charge >= 0.3 is 0 Å². The van der Waals surface area contributed by atoms with Crippen LogP contribution in [0.1, 0.15) is 23.1 Å². The van der Waals surface area contributed by atoms with Crippen LogP contribution in [0.4, 0.5) is 0 Å². The number of hydrogen-bond acceptors (Lipinski definition) is 6. The van der Waals surface area contributed by atoms with Crippen molar-refractivity contribution >= 4 is 47.2 Å². The number of ether oxygens (including phenoxy) is 1. The van der Waals surface area contributed by atoms with Crippen LogP contribution in [0.5, 0.6) is 5.75 Å². The molecule has 0 spiro atoms. The molecule has 0 fully saturated rings. The third kappa shape index (κ3) is 8.31. The molecule has 3 heterocycles. The van der Waals surface area contributed by atoms with E-state index in [4.69, 9.17) is 4.74 Å². The van der Waals surface area contributed by atoms with E-state index >= 15 is 0 Å². The number of fused-ring (bicyclic) bond motifs is 1. The lowest BCUT2D eigenvalue weighted by atomic mass is 10.2. The van der Waals surface area contributed by atoms with Gasteiger partial charge in [-0.15, -0.1) is 37.2 Å². The third-order valence-corrected chi connectivity index (χ3v) is 7.50. The van der Waals surface area contributed by atoms with Crippen LogP contribution in [0, 0.1) is 0 Å². The smallest absolute Gasteiger partial charge is 0.243 e. The Kier molecular flexibility index (Phi) is 13.0. The zero-order valence-corrected chi connectivity index (χ0v) is 22.7. The summed E-state index contributed by atoms with van der Waals surface area (Å²) >= 11 is 0. The van der Waals surface area contributed by atoms with E-state index in [1.54, 1.807) is 25.4 Å². The summed E-state index contributed by atoms with van der Waals surface area (Å²) in [5, 5.41) is 0. The lowest BCUT2D eigenvalue weighted by molar-refractivity contribution is 0.229. The molecule has 1 aliphatic heterocycles. The van der Waals surface area contributed by atoms with Crippen LogP contribution in [0.3, 0.4) is 0 Å². The fraction of sp³-hybridized carbons (Fsp3) is 0.333. The maximum Gasteiger partial charge on any atom is 0.243 e. The molecular formula is C24H31Cl3N4O3S. The molecule has 35 heavy (non-hydrogen) atoms. The van der Waals surface area contributed by atoms with Crippen molar-refractivity contribution in [2.24, 2.45) is 0 Å². The molecule has 0 N–H and O–H groups in total. The number of aromatic nitrogens is 2. The number of nitrogens with zero attached hydrogens (tertiary/aromatic N) is 4. The molecule has 0 radical (unpaired) electrons. The molecule has 0 saturated heterocycles. The molecule has 3 aromatic rings. The van der Waals surface area contributed by atoms with Gasteiger partial charge in [-0.05, 0) is 65.9 Å². The van der Waals surface area contributed by atoms with Crippen molar-refractivity contribution in [3.8, 4) is 5.75 Å². The van der Waals surface area contributed by atoms with Crippen molar-refractivity contribution < 1.29 is 13.2 Å². The topological polar surface area (TPSA) is 75.6 Å². The van der Waals surface area contributed by atoms with E-state index in [0.717, 1.165) is 38.0 Å². The average molecular weight is 562 g/mol. The number of benzene rings is 1. The first-order valence-electron chi connectivity index (χ1n) is 10.7. The Morgan fingerprint density at radius 2 is 1.74 bits per heavy atom. The van der Waals surface area contributed by atoms with Crippen LogP contribution < -0.4 is 4.74 Å². The second-order valence-electron chi connectivity index (χ2n) is 7.98. The monoisotopic (exact) mass is 560 g/mol. The van der Waals surface area contributed by atoms with E-state index in [9.17, 15) is 8.42 Å². The highest BCUT2D eigenvalue weighted by Gasteiger charge is 2.31. The zero-order chi connectivity index (χ0) is 22.4. The maximum absolute atomic E-state index is 12.2. The number of sulfonamides is 1. The van der Waals surface area contributed by atoms with Gasteiger partial charge in [0.1, 0.15) is 5.75 Å². The summed E-state index contributed by atoms with van der Waals surface area (Å²) in [6.45, 7) is 3.64. The first kappa shape index (κ1) is 31.1. The van der Waals surface area contributed by atoms with Crippen LogP contribution in [0.25, 0.3) is 0 Å². The van der Waals surface area contributed by atoms with Gasteiger partial charge in [-0.3, -0.25) is 14.9 Å². The number of pyridine rings is 2. The molecule has 0 unspecified atom stereocenters. The lowest BCUT2D eigenvalue weighted by Gasteiger charge is -2.22. The van der Waals surface area contributed by atoms with E-state index in [1.165, 1.54) is 15.4 Å². The fourth-order valence-electron chi connectivity index (χ4n) is 3.84. The van der Waals surface area contributed by atoms with E-state index in [2.05, 4.69) is 20.9 Å². The van der Waals surface area contributed by atoms with Gasteiger partial charge in [-0.1, -0.05) is 6.07 Å². The highest BCUT2D eigenvalue weighted by Crippen LogP contribution is 2.31. The van der Waals surface area contributed by atoms with Gasteiger partial charge in [0.25, 0.3) is 0 Å². The summed E-state index contributed by atoms with van der Waals surface area (Å²) in [5.74, 6) is 0.713. The van der Waals surface area contributed by atoms with Gasteiger partial charge in [0.05, 0.1) is 11.5 Å². The number of halogens is 3. The molecule has 0 atom stereocenters. The maximum atomic E-state index is 12.2. The highest BCUT2D eigenvalue weighted by molar-refractivity contribution is 7.89. The molecular weight excluding hydrogens is 531 g/mol. The van der Waals surface area contributed by atoms with Crippen molar-refractivity contribution in [3.05, 3.63) is 83.9 Å². The molecule has 192 valence electrons. The minimum absolute atomic E-state index is 0. The normalized spacial score (nSPS) is 13.8. The van der Waals surface area contributed by atoms with Gasteiger partial charge in [0, 0.05) is 58.0 Å². The van der Waals surface area contributed by atoms with Gasteiger partial charge in [-0.2, -0.15) is 4.31 Å². The molecule has 0 amide bonds. The van der Waals surface area contributed by atoms with Crippen LogP contribution >= 0.6 is 37.2 Å². The summed E-state index contributed by atoms with van der Waals surface area (Å²) in [6, 6.07) is 13.4. The number of rotatable bonds is 10. The predicted molar refractivity (Wildman–Crippen MR) is 144 cm³/mol. The Balaban J connectivity index is 0.00000204. The van der Waals surface area contributed by atoms with Crippen molar-refractivity contribution in [1.29, 1.82) is 0 Å². The van der Waals surface area contributed by atoms with Crippen molar-refractivity contribution in [2.45, 2.75) is 30.8 Å². The zero-order valence-electron chi connectivity index (χ0n) is 19.4. The van der Waals surface area contributed by atoms with Gasteiger partial charge < -0.3 is 4.74 Å². The Morgan fingerprint density at radius 1 is 0.971 bits per heavy atom. The third-order valence-electron chi connectivity index (χ3n) is 5.60. The minimum atomic E-state index is -3.33. The largest absolute Gasteiger partial charge is 0.494 e. The van der Waals surface area contributed by atoms with Gasteiger partial charge in [0.15, 0.2) is 0 Å². The lowest BCUT2D eigenvalue weighted by Crippen LogP contribution is -2.28. The summed E-state index contributed by atoms with van der Waals surface area (Å²) in [6.07, 6.45) is 9.16. The summed E-state index contributed by atoms with van der Waals surface area (Å²) in [7, 11) is -1.74. The molecule has 1 aliphatic rings. The summed E-state index contributed by atoms with van der Waals surface area (Å²) in [4.78, 5) is 11.1. The van der Waals surface area contributed by atoms with E-state index in [1.807, 2.05) is 42.9 Å². The molecule has 0 saturated carbocycles. The van der Waals surface area contributed by atoms with Crippen LogP contribution in [0.15, 0.2) is 72.1 Å². The van der Waals surface area contributed by atoms with Gasteiger partial charge in [-0.25, -0.2) is 8.42 Å². The Morgan fingerprint density at radius 3 is 2.46 bits per heavy atom. The van der Waals surface area contributed by atoms with E-state index < -0.39 is 10.0 Å². The average Bonchev–Trinajstić information content (AvgIpc) is 3.04. The minimum Gasteiger partial charge on any atom is -0.494 e. The molecule has 4 rings (SSSR count). The summed E-state index contributed by atoms with van der Waals surface area (Å²) < 4.78 is 31.7. The molecule has 7 nitrogen and oxygen atoms in total. The fourth-order valence-corrected chi connectivity index (χ4v) is 5.18. The Labute approximate surface area is 226 Å². The molecule has 11 heteroatoms. The molecule has 2 aromatic heterocycles. The van der Waals surface area contributed by atoms with E-state index in [0.29, 0.717) is 23.8 Å². The van der Waals surface area contributed by atoms with Crippen molar-refractivity contribution in [3.63, 3.8) is 0 Å². The first-order chi connectivity index (χ1) is 15.5.